The highest BCUT2D eigenvalue weighted by Crippen LogP contribution is 2.17. The second-order valence-electron chi connectivity index (χ2n) is 3.40. The van der Waals surface area contributed by atoms with E-state index in [1.54, 1.807) is 18.3 Å². The molecule has 18 heavy (non-hydrogen) atoms. The largest absolute Gasteiger partial charge is 0.321 e. The van der Waals surface area contributed by atoms with Crippen LogP contribution in [0.2, 0.25) is 0 Å². The lowest BCUT2D eigenvalue weighted by atomic mass is 10.1. The van der Waals surface area contributed by atoms with E-state index in [1.807, 2.05) is 24.3 Å². The Morgan fingerprint density at radius 1 is 0.889 bits per heavy atom. The van der Waals surface area contributed by atoms with Crippen molar-refractivity contribution in [1.29, 1.82) is 0 Å². The maximum atomic E-state index is 11.7. The minimum absolute atomic E-state index is 0. The highest BCUT2D eigenvalue weighted by molar-refractivity contribution is 6.02. The fraction of sp³-hybridized carbons (Fsp3) is 0. The van der Waals surface area contributed by atoms with Crippen LogP contribution in [0.15, 0.2) is 47.4 Å². The molecule has 2 heterocycles. The van der Waals surface area contributed by atoms with Gasteiger partial charge in [-0.1, -0.05) is 18.2 Å². The molecule has 3 rings (SSSR count). The van der Waals surface area contributed by atoms with E-state index in [0.717, 1.165) is 16.4 Å². The molecule has 0 radical (unpaired) electrons. The molecule has 0 unspecified atom stereocenters. The number of hydrogen-bond donors (Lipinski definition) is 1. The van der Waals surface area contributed by atoms with Crippen molar-refractivity contribution in [1.82, 2.24) is 9.97 Å². The number of aromatic amines is 1. The highest BCUT2D eigenvalue weighted by atomic mass is 35.5. The van der Waals surface area contributed by atoms with E-state index < -0.39 is 0 Å². The molecule has 0 amide bonds. The maximum absolute atomic E-state index is 11.7. The summed E-state index contributed by atoms with van der Waals surface area (Å²) in [5, 5.41) is 1.61. The first-order valence-corrected chi connectivity index (χ1v) is 4.72. The normalized spacial score (nSPS) is 9.11. The molecule has 0 aliphatic carbocycles. The molecule has 96 valence electrons. The zero-order valence-corrected chi connectivity index (χ0v) is 11.6. The van der Waals surface area contributed by atoms with Gasteiger partial charge in [0.2, 0.25) is 0 Å². The molecule has 3 nitrogen and oxygen atoms in total. The molecule has 0 spiro atoms. The van der Waals surface area contributed by atoms with Gasteiger partial charge in [-0.25, -0.2) is 0 Å². The van der Waals surface area contributed by atoms with Crippen LogP contribution < -0.4 is 5.56 Å². The van der Waals surface area contributed by atoms with Gasteiger partial charge in [-0.3, -0.25) is 9.78 Å². The zero-order valence-electron chi connectivity index (χ0n) is 9.12. The minimum Gasteiger partial charge on any atom is -0.321 e. The van der Waals surface area contributed by atoms with Crippen molar-refractivity contribution in [3.8, 4) is 0 Å². The number of para-hydroxylation sites is 1. The summed E-state index contributed by atoms with van der Waals surface area (Å²) in [4.78, 5) is 18.8. The number of nitrogens with one attached hydrogen (secondary N) is 1. The number of H-pyrrole nitrogens is 1. The number of fused-ring (bicyclic) bond motifs is 3. The lowest BCUT2D eigenvalue weighted by Crippen LogP contribution is -2.06. The summed E-state index contributed by atoms with van der Waals surface area (Å²) in [7, 11) is 0. The van der Waals surface area contributed by atoms with Crippen molar-refractivity contribution >= 4 is 59.0 Å². The second-order valence-corrected chi connectivity index (χ2v) is 3.40. The van der Waals surface area contributed by atoms with E-state index in [2.05, 4.69) is 9.97 Å². The molecule has 6 heteroatoms. The number of nitrogens with zero attached hydrogens (tertiary/aromatic N) is 1. The van der Waals surface area contributed by atoms with Crippen LogP contribution in [0.25, 0.3) is 21.8 Å². The Morgan fingerprint density at radius 3 is 2.33 bits per heavy atom. The quantitative estimate of drug-likeness (QED) is 0.647. The standard InChI is InChI=1S/C12H8N2O.3ClH/c15-12-9-5-3-7-13-11(9)8-4-1-2-6-10(8)14-12;;;/h1-7H,(H,14,15);3*1H. The molecule has 0 aliphatic rings. The fourth-order valence-corrected chi connectivity index (χ4v) is 1.79. The third-order valence-electron chi connectivity index (χ3n) is 2.48. The van der Waals surface area contributed by atoms with E-state index in [1.165, 1.54) is 0 Å². The fourth-order valence-electron chi connectivity index (χ4n) is 1.79. The number of aromatic nitrogens is 2. The summed E-state index contributed by atoms with van der Waals surface area (Å²) in [5.41, 5.74) is 1.50. The van der Waals surface area contributed by atoms with Crippen LogP contribution in [0, 0.1) is 0 Å². The Hall–Kier alpha value is -1.29. The van der Waals surface area contributed by atoms with Crippen molar-refractivity contribution in [2.45, 2.75) is 0 Å². The van der Waals surface area contributed by atoms with E-state index in [4.69, 9.17) is 0 Å². The SMILES string of the molecule is Cl.Cl.Cl.O=c1[nH]c2ccccc2c2ncccc12. The first-order valence-electron chi connectivity index (χ1n) is 4.72. The molecule has 1 N–H and O–H groups in total. The minimum atomic E-state index is -0.0863. The third kappa shape index (κ3) is 2.58. The molecule has 2 aromatic heterocycles. The first-order chi connectivity index (χ1) is 7.36. The Morgan fingerprint density at radius 2 is 1.56 bits per heavy atom. The second kappa shape index (κ2) is 6.59. The van der Waals surface area contributed by atoms with E-state index in [9.17, 15) is 4.79 Å². The van der Waals surface area contributed by atoms with Gasteiger partial charge in [0, 0.05) is 11.6 Å². The van der Waals surface area contributed by atoms with Gasteiger partial charge in [0.25, 0.3) is 5.56 Å². The average Bonchev–Trinajstić information content (AvgIpc) is 2.30. The van der Waals surface area contributed by atoms with Gasteiger partial charge in [-0.05, 0) is 18.2 Å². The van der Waals surface area contributed by atoms with Gasteiger partial charge in [-0.15, -0.1) is 37.2 Å². The molecular formula is C12H11Cl3N2O. The summed E-state index contributed by atoms with van der Waals surface area (Å²) in [6, 6.07) is 11.2. The van der Waals surface area contributed by atoms with Crippen molar-refractivity contribution in [2.75, 3.05) is 0 Å². The van der Waals surface area contributed by atoms with Gasteiger partial charge >= 0.3 is 0 Å². The lowest BCUT2D eigenvalue weighted by molar-refractivity contribution is 1.32. The van der Waals surface area contributed by atoms with Crippen molar-refractivity contribution in [2.24, 2.45) is 0 Å². The van der Waals surface area contributed by atoms with E-state index in [0.29, 0.717) is 5.39 Å². The third-order valence-corrected chi connectivity index (χ3v) is 2.48. The molecule has 0 atom stereocenters. The topological polar surface area (TPSA) is 45.8 Å². The number of pyridine rings is 2. The number of benzene rings is 1. The van der Waals surface area contributed by atoms with Crippen LogP contribution >= 0.6 is 37.2 Å². The average molecular weight is 306 g/mol. The van der Waals surface area contributed by atoms with Crippen LogP contribution in [0.5, 0.6) is 0 Å². The Labute approximate surface area is 122 Å². The van der Waals surface area contributed by atoms with E-state index in [-0.39, 0.29) is 42.8 Å². The van der Waals surface area contributed by atoms with Gasteiger partial charge in [0.15, 0.2) is 0 Å². The van der Waals surface area contributed by atoms with E-state index >= 15 is 0 Å². The zero-order chi connectivity index (χ0) is 10.3. The number of rotatable bonds is 0. The predicted molar refractivity (Wildman–Crippen MR) is 81.6 cm³/mol. The van der Waals surface area contributed by atoms with Crippen LogP contribution in [-0.2, 0) is 0 Å². The molecule has 0 aliphatic heterocycles. The molecule has 0 fully saturated rings. The summed E-state index contributed by atoms with van der Waals surface area (Å²) in [5.74, 6) is 0. The summed E-state index contributed by atoms with van der Waals surface area (Å²) in [6.07, 6.45) is 1.70. The van der Waals surface area contributed by atoms with Crippen LogP contribution in [-0.4, -0.2) is 9.97 Å². The lowest BCUT2D eigenvalue weighted by Gasteiger charge is -2.01. The summed E-state index contributed by atoms with van der Waals surface area (Å²) >= 11 is 0. The van der Waals surface area contributed by atoms with Crippen molar-refractivity contribution in [3.05, 3.63) is 52.9 Å². The molecule has 1 aromatic carbocycles. The number of hydrogen-bond acceptors (Lipinski definition) is 2. The van der Waals surface area contributed by atoms with Gasteiger partial charge in [-0.2, -0.15) is 0 Å². The molecular weight excluding hydrogens is 295 g/mol. The Bertz CT molecular complexity index is 712. The molecule has 0 saturated carbocycles. The van der Waals surface area contributed by atoms with Gasteiger partial charge < -0.3 is 4.98 Å². The Kier molecular flexibility index (Phi) is 6.12. The van der Waals surface area contributed by atoms with Crippen molar-refractivity contribution < 1.29 is 0 Å². The highest BCUT2D eigenvalue weighted by Gasteiger charge is 2.03. The predicted octanol–water partition coefficient (Wildman–Crippen LogP) is 3.34. The van der Waals surface area contributed by atoms with Crippen LogP contribution in [0.1, 0.15) is 0 Å². The monoisotopic (exact) mass is 304 g/mol. The maximum Gasteiger partial charge on any atom is 0.257 e. The van der Waals surface area contributed by atoms with Crippen LogP contribution in [0.3, 0.4) is 0 Å². The smallest absolute Gasteiger partial charge is 0.257 e. The van der Waals surface area contributed by atoms with Crippen LogP contribution in [0.4, 0.5) is 0 Å². The van der Waals surface area contributed by atoms with Crippen molar-refractivity contribution in [3.63, 3.8) is 0 Å². The van der Waals surface area contributed by atoms with Gasteiger partial charge in [0.05, 0.1) is 16.4 Å². The summed E-state index contributed by atoms with van der Waals surface area (Å²) in [6.45, 7) is 0. The molecule has 0 saturated heterocycles. The Balaban J connectivity index is 0.000000963. The van der Waals surface area contributed by atoms with Gasteiger partial charge in [0.1, 0.15) is 0 Å². The first kappa shape index (κ1) is 16.7. The molecule has 0 bridgehead atoms. The number of halogens is 3. The summed E-state index contributed by atoms with van der Waals surface area (Å²) < 4.78 is 0. The molecule has 3 aromatic rings.